The summed E-state index contributed by atoms with van der Waals surface area (Å²) in [6.45, 7) is 3.26. The predicted octanol–water partition coefficient (Wildman–Crippen LogP) is 2.58. The molecule has 0 spiro atoms. The first-order chi connectivity index (χ1) is 9.72. The number of benzene rings is 1. The van der Waals surface area contributed by atoms with Gasteiger partial charge in [0.05, 0.1) is 0 Å². The normalized spacial score (nSPS) is 11.1. The number of H-pyrrole nitrogens is 1. The predicted molar refractivity (Wildman–Crippen MR) is 82.0 cm³/mol. The molecule has 0 saturated carbocycles. The van der Waals surface area contributed by atoms with Crippen LogP contribution in [0, 0.1) is 6.92 Å². The van der Waals surface area contributed by atoms with Gasteiger partial charge in [-0.2, -0.15) is 0 Å². The summed E-state index contributed by atoms with van der Waals surface area (Å²) in [5.41, 5.74) is 1.58. The Morgan fingerprint density at radius 1 is 1.30 bits per heavy atom. The lowest BCUT2D eigenvalue weighted by atomic mass is 10.1. The fourth-order valence-corrected chi connectivity index (χ4v) is 2.87. The fraction of sp³-hybridized carbons (Fsp3) is 0.200. The molecule has 3 aromatic rings. The number of nitrogens with zero attached hydrogens (tertiary/aromatic N) is 1. The molecule has 102 valence electrons. The van der Waals surface area contributed by atoms with Crippen molar-refractivity contribution in [1.82, 2.24) is 15.3 Å². The van der Waals surface area contributed by atoms with Crippen molar-refractivity contribution >= 4 is 22.2 Å². The van der Waals surface area contributed by atoms with Crippen molar-refractivity contribution in [2.45, 2.75) is 20.0 Å². The van der Waals surface area contributed by atoms with Gasteiger partial charge < -0.3 is 10.3 Å². The van der Waals surface area contributed by atoms with E-state index in [1.807, 2.05) is 43.5 Å². The summed E-state index contributed by atoms with van der Waals surface area (Å²) < 4.78 is 0. The van der Waals surface area contributed by atoms with E-state index in [-0.39, 0.29) is 5.56 Å². The molecule has 1 aromatic carbocycles. The van der Waals surface area contributed by atoms with Gasteiger partial charge in [-0.25, -0.2) is 4.98 Å². The highest BCUT2D eigenvalue weighted by Crippen LogP contribution is 2.12. The number of hydrogen-bond acceptors (Lipinski definition) is 4. The van der Waals surface area contributed by atoms with Gasteiger partial charge in [-0.05, 0) is 24.4 Å². The second-order valence-electron chi connectivity index (χ2n) is 4.68. The lowest BCUT2D eigenvalue weighted by Gasteiger charge is -2.04. The lowest BCUT2D eigenvalue weighted by Crippen LogP contribution is -2.20. The van der Waals surface area contributed by atoms with Gasteiger partial charge in [0.25, 0.3) is 5.56 Å². The third-order valence-electron chi connectivity index (χ3n) is 3.09. The van der Waals surface area contributed by atoms with Crippen molar-refractivity contribution in [3.63, 3.8) is 0 Å². The number of aryl methyl sites for hydroxylation is 1. The molecule has 0 fully saturated rings. The van der Waals surface area contributed by atoms with E-state index in [1.165, 1.54) is 4.88 Å². The van der Waals surface area contributed by atoms with Crippen molar-refractivity contribution in [3.8, 4) is 0 Å². The SMILES string of the molecule is Cc1cnc(CNCc2cc3ccccc3[nH]c2=O)s1. The van der Waals surface area contributed by atoms with Gasteiger partial charge in [0, 0.05) is 35.2 Å². The summed E-state index contributed by atoms with van der Waals surface area (Å²) in [5.74, 6) is 0. The van der Waals surface area contributed by atoms with Crippen LogP contribution in [0.1, 0.15) is 15.4 Å². The molecular formula is C15H15N3OS. The van der Waals surface area contributed by atoms with E-state index >= 15 is 0 Å². The Labute approximate surface area is 120 Å². The van der Waals surface area contributed by atoms with E-state index in [4.69, 9.17) is 0 Å². The molecular weight excluding hydrogens is 270 g/mol. The van der Waals surface area contributed by atoms with Crippen molar-refractivity contribution in [2.75, 3.05) is 0 Å². The van der Waals surface area contributed by atoms with Crippen molar-refractivity contribution in [2.24, 2.45) is 0 Å². The van der Waals surface area contributed by atoms with Crippen LogP contribution in [-0.2, 0) is 13.1 Å². The highest BCUT2D eigenvalue weighted by Gasteiger charge is 2.03. The highest BCUT2D eigenvalue weighted by atomic mass is 32.1. The highest BCUT2D eigenvalue weighted by molar-refractivity contribution is 7.11. The number of nitrogens with one attached hydrogen (secondary N) is 2. The molecule has 5 heteroatoms. The van der Waals surface area contributed by atoms with Crippen molar-refractivity contribution < 1.29 is 0 Å². The van der Waals surface area contributed by atoms with Crippen LogP contribution in [0.5, 0.6) is 0 Å². The van der Waals surface area contributed by atoms with Gasteiger partial charge >= 0.3 is 0 Å². The Kier molecular flexibility index (Phi) is 3.62. The van der Waals surface area contributed by atoms with E-state index in [9.17, 15) is 4.79 Å². The summed E-state index contributed by atoms with van der Waals surface area (Å²) in [5, 5.41) is 5.36. The molecule has 2 aromatic heterocycles. The van der Waals surface area contributed by atoms with Crippen LogP contribution < -0.4 is 10.9 Å². The maximum Gasteiger partial charge on any atom is 0.252 e. The molecule has 0 bridgehead atoms. The standard InChI is InChI=1S/C15H15N3OS/c1-10-7-17-14(20-10)9-16-8-12-6-11-4-2-3-5-13(11)18-15(12)19/h2-7,16H,8-9H2,1H3,(H,18,19). The molecule has 4 nitrogen and oxygen atoms in total. The first-order valence-electron chi connectivity index (χ1n) is 6.45. The average Bonchev–Trinajstić information content (AvgIpc) is 2.85. The molecule has 0 amide bonds. The van der Waals surface area contributed by atoms with Gasteiger partial charge in [-0.1, -0.05) is 18.2 Å². The van der Waals surface area contributed by atoms with Gasteiger partial charge in [0.1, 0.15) is 5.01 Å². The minimum Gasteiger partial charge on any atom is -0.322 e. The van der Waals surface area contributed by atoms with Crippen LogP contribution in [-0.4, -0.2) is 9.97 Å². The average molecular weight is 285 g/mol. The molecule has 0 aliphatic heterocycles. The van der Waals surface area contributed by atoms with E-state index < -0.39 is 0 Å². The number of rotatable bonds is 4. The topological polar surface area (TPSA) is 57.8 Å². The molecule has 2 heterocycles. The zero-order valence-electron chi connectivity index (χ0n) is 11.1. The Hall–Kier alpha value is -1.98. The number of aromatic amines is 1. The number of aromatic nitrogens is 2. The Balaban J connectivity index is 1.74. The van der Waals surface area contributed by atoms with E-state index in [2.05, 4.69) is 15.3 Å². The summed E-state index contributed by atoms with van der Waals surface area (Å²) >= 11 is 1.67. The van der Waals surface area contributed by atoms with E-state index in [1.54, 1.807) is 11.3 Å². The van der Waals surface area contributed by atoms with Gasteiger partial charge in [-0.15, -0.1) is 11.3 Å². The van der Waals surface area contributed by atoms with Crippen LogP contribution >= 0.6 is 11.3 Å². The quantitative estimate of drug-likeness (QED) is 0.774. The minimum atomic E-state index is -0.0356. The van der Waals surface area contributed by atoms with Crippen LogP contribution in [0.2, 0.25) is 0 Å². The number of fused-ring (bicyclic) bond motifs is 1. The monoisotopic (exact) mass is 285 g/mol. The van der Waals surface area contributed by atoms with Gasteiger partial charge in [0.15, 0.2) is 0 Å². The second kappa shape index (κ2) is 5.56. The molecule has 0 radical (unpaired) electrons. The van der Waals surface area contributed by atoms with Crippen LogP contribution in [0.25, 0.3) is 10.9 Å². The minimum absolute atomic E-state index is 0.0356. The van der Waals surface area contributed by atoms with Crippen LogP contribution in [0.15, 0.2) is 41.3 Å². The van der Waals surface area contributed by atoms with E-state index in [0.717, 1.165) is 21.5 Å². The summed E-state index contributed by atoms with van der Waals surface area (Å²) in [6.07, 6.45) is 1.87. The summed E-state index contributed by atoms with van der Waals surface area (Å²) in [4.78, 5) is 20.4. The molecule has 2 N–H and O–H groups in total. The Morgan fingerprint density at radius 2 is 2.15 bits per heavy atom. The number of thiazole rings is 1. The molecule has 3 rings (SSSR count). The first kappa shape index (κ1) is 13.0. The maximum absolute atomic E-state index is 12.0. The second-order valence-corrected chi connectivity index (χ2v) is 6.00. The Morgan fingerprint density at radius 3 is 2.95 bits per heavy atom. The molecule has 0 atom stereocenters. The molecule has 0 saturated heterocycles. The summed E-state index contributed by atoms with van der Waals surface area (Å²) in [6, 6.07) is 9.73. The summed E-state index contributed by atoms with van der Waals surface area (Å²) in [7, 11) is 0. The molecule has 0 unspecified atom stereocenters. The van der Waals surface area contributed by atoms with Crippen LogP contribution in [0.3, 0.4) is 0 Å². The largest absolute Gasteiger partial charge is 0.322 e. The Bertz CT molecular complexity index is 791. The van der Waals surface area contributed by atoms with Gasteiger partial charge in [-0.3, -0.25) is 4.79 Å². The fourth-order valence-electron chi connectivity index (χ4n) is 2.11. The first-order valence-corrected chi connectivity index (χ1v) is 7.27. The van der Waals surface area contributed by atoms with Gasteiger partial charge in [0.2, 0.25) is 0 Å². The molecule has 20 heavy (non-hydrogen) atoms. The third kappa shape index (κ3) is 2.79. The van der Waals surface area contributed by atoms with E-state index in [0.29, 0.717) is 13.1 Å². The number of hydrogen-bond donors (Lipinski definition) is 2. The van der Waals surface area contributed by atoms with Crippen molar-refractivity contribution in [1.29, 1.82) is 0 Å². The molecule has 0 aliphatic carbocycles. The van der Waals surface area contributed by atoms with Crippen LogP contribution in [0.4, 0.5) is 0 Å². The lowest BCUT2D eigenvalue weighted by molar-refractivity contribution is 0.685. The smallest absolute Gasteiger partial charge is 0.252 e. The van der Waals surface area contributed by atoms with Crippen molar-refractivity contribution in [3.05, 3.63) is 62.3 Å². The zero-order valence-corrected chi connectivity index (χ0v) is 12.0. The molecule has 0 aliphatic rings. The maximum atomic E-state index is 12.0. The third-order valence-corrected chi connectivity index (χ3v) is 4.00. The zero-order chi connectivity index (χ0) is 13.9. The number of para-hydroxylation sites is 1. The number of pyridine rings is 1.